The Kier molecular flexibility index (Phi) is 23.2. The van der Waals surface area contributed by atoms with Gasteiger partial charge in [0.15, 0.2) is 0 Å². The quantitative estimate of drug-likeness (QED) is 0.0518. The van der Waals surface area contributed by atoms with Gasteiger partial charge in [0.2, 0.25) is 29.7 Å². The number of amides is 10. The number of hydrogen-bond donors (Lipinski definition) is 6. The van der Waals surface area contributed by atoms with Crippen LogP contribution in [-0.2, 0) is 47.8 Å². The van der Waals surface area contributed by atoms with Gasteiger partial charge in [0, 0.05) is 95.1 Å². The third-order valence-corrected chi connectivity index (χ3v) is 11.3. The number of imide groups is 1. The number of carbonyl (C=O) groups is 9. The van der Waals surface area contributed by atoms with Crippen LogP contribution in [0, 0.1) is 11.8 Å². The number of urea groups is 1. The van der Waals surface area contributed by atoms with Gasteiger partial charge >= 0.3 is 12.1 Å². The minimum absolute atomic E-state index is 0.0160. The standard InChI is InChI=1S/C45H70N10O12/c1-29(2)31(5)53(7)45(64)67-40(43(62)54-23-21-52(6)22-24-54)32-10-12-33(13-11-32)49-41(60)34(9-8-18-48-44(46)63)50-42(61)39(30(3)4)51-36(57)17-25-65-27-28-66-26-19-47-35(56)16-20-55-37(58)14-15-38(55)59/h10-15,29-31,34,39-40H,8-9,16-28H2,1-7H3,(H,47,56)(H,49,60)(H,50,61)(H,51,57)(H3,46,48,63)/t31-,34+,39+,40?/m1/s1. The van der Waals surface area contributed by atoms with E-state index in [-0.39, 0.29) is 101 Å². The smallest absolute Gasteiger partial charge is 0.410 e. The number of piperazine rings is 1. The molecule has 1 aromatic rings. The van der Waals surface area contributed by atoms with E-state index >= 15 is 0 Å². The van der Waals surface area contributed by atoms with Crippen molar-refractivity contribution in [2.75, 3.05) is 91.7 Å². The highest BCUT2D eigenvalue weighted by Crippen LogP contribution is 2.25. The number of carbonyl (C=O) groups excluding carboxylic acids is 9. The minimum Gasteiger partial charge on any atom is -0.431 e. The molecule has 2 aliphatic heterocycles. The summed E-state index contributed by atoms with van der Waals surface area (Å²) in [6.07, 6.45) is 0.677. The summed E-state index contributed by atoms with van der Waals surface area (Å²) in [5.41, 5.74) is 5.95. The number of ether oxygens (including phenoxy) is 3. The third-order valence-electron chi connectivity index (χ3n) is 11.3. The summed E-state index contributed by atoms with van der Waals surface area (Å²) in [7, 11) is 3.59. The Hall–Kier alpha value is -6.13. The Labute approximate surface area is 392 Å². The second-order valence-corrected chi connectivity index (χ2v) is 17.1. The maximum Gasteiger partial charge on any atom is 0.410 e. The molecule has 3 rings (SSSR count). The van der Waals surface area contributed by atoms with Gasteiger partial charge in [-0.1, -0.05) is 39.8 Å². The van der Waals surface area contributed by atoms with E-state index in [1.165, 1.54) is 4.90 Å². The maximum atomic E-state index is 13.9. The van der Waals surface area contributed by atoms with E-state index in [9.17, 15) is 43.2 Å². The lowest BCUT2D eigenvalue weighted by atomic mass is 10.0. The van der Waals surface area contributed by atoms with Crippen LogP contribution in [0.1, 0.15) is 72.0 Å². The molecular formula is C45H70N10O12. The van der Waals surface area contributed by atoms with Gasteiger partial charge < -0.3 is 61.2 Å². The number of benzene rings is 1. The zero-order chi connectivity index (χ0) is 49.6. The molecule has 22 heteroatoms. The van der Waals surface area contributed by atoms with Crippen molar-refractivity contribution in [2.24, 2.45) is 17.6 Å². The second kappa shape index (κ2) is 28.1. The summed E-state index contributed by atoms with van der Waals surface area (Å²) in [5, 5.41) is 13.4. The first-order valence-electron chi connectivity index (χ1n) is 22.7. The molecule has 0 radical (unpaired) electrons. The maximum absolute atomic E-state index is 13.9. The summed E-state index contributed by atoms with van der Waals surface area (Å²) in [6.45, 7) is 12.5. The van der Waals surface area contributed by atoms with Crippen molar-refractivity contribution in [1.29, 1.82) is 0 Å². The van der Waals surface area contributed by atoms with Crippen molar-refractivity contribution >= 4 is 59.2 Å². The molecule has 2 heterocycles. The highest BCUT2D eigenvalue weighted by molar-refractivity contribution is 6.13. The van der Waals surface area contributed by atoms with Crippen LogP contribution in [0.4, 0.5) is 15.3 Å². The van der Waals surface area contributed by atoms with E-state index < -0.39 is 59.8 Å². The molecule has 22 nitrogen and oxygen atoms in total. The highest BCUT2D eigenvalue weighted by Gasteiger charge is 2.34. The van der Waals surface area contributed by atoms with E-state index in [2.05, 4.69) is 31.5 Å². The molecule has 0 spiro atoms. The minimum atomic E-state index is -1.24. The lowest BCUT2D eigenvalue weighted by molar-refractivity contribution is -0.143. The van der Waals surface area contributed by atoms with Gasteiger partial charge in [-0.15, -0.1) is 0 Å². The van der Waals surface area contributed by atoms with E-state index in [1.54, 1.807) is 50.1 Å². The highest BCUT2D eigenvalue weighted by atomic mass is 16.6. The second-order valence-electron chi connectivity index (χ2n) is 17.1. The zero-order valence-electron chi connectivity index (χ0n) is 39.8. The molecule has 10 amide bonds. The lowest BCUT2D eigenvalue weighted by Crippen LogP contribution is -2.54. The molecule has 0 aromatic heterocycles. The van der Waals surface area contributed by atoms with Crippen LogP contribution in [0.5, 0.6) is 0 Å². The fourth-order valence-electron chi connectivity index (χ4n) is 6.75. The number of primary amides is 1. The van der Waals surface area contributed by atoms with Gasteiger partial charge in [0.1, 0.15) is 12.1 Å². The van der Waals surface area contributed by atoms with Crippen LogP contribution >= 0.6 is 0 Å². The van der Waals surface area contributed by atoms with Crippen LogP contribution < -0.4 is 32.3 Å². The van der Waals surface area contributed by atoms with Gasteiger partial charge in [-0.05, 0) is 50.8 Å². The van der Waals surface area contributed by atoms with E-state index in [1.807, 2.05) is 27.8 Å². The Morgan fingerprint density at radius 3 is 1.97 bits per heavy atom. The van der Waals surface area contributed by atoms with E-state index in [0.717, 1.165) is 17.1 Å². The molecule has 0 saturated carbocycles. The molecule has 4 atom stereocenters. The number of anilines is 1. The molecule has 2 aliphatic rings. The van der Waals surface area contributed by atoms with Crippen molar-refractivity contribution in [3.63, 3.8) is 0 Å². The summed E-state index contributed by atoms with van der Waals surface area (Å²) in [6, 6.07) is 3.30. The number of hydrogen-bond acceptors (Lipinski definition) is 13. The van der Waals surface area contributed by atoms with Crippen LogP contribution in [0.2, 0.25) is 0 Å². The predicted molar refractivity (Wildman–Crippen MR) is 246 cm³/mol. The average molecular weight is 943 g/mol. The van der Waals surface area contributed by atoms with Crippen molar-refractivity contribution in [3.05, 3.63) is 42.0 Å². The average Bonchev–Trinajstić information content (AvgIpc) is 3.61. The summed E-state index contributed by atoms with van der Waals surface area (Å²) in [4.78, 5) is 120. The molecule has 0 bridgehead atoms. The van der Waals surface area contributed by atoms with Gasteiger partial charge in [-0.2, -0.15) is 0 Å². The van der Waals surface area contributed by atoms with Crippen LogP contribution in [0.25, 0.3) is 0 Å². The van der Waals surface area contributed by atoms with Crippen LogP contribution in [-0.4, -0.2) is 178 Å². The molecule has 0 aliphatic carbocycles. The molecule has 67 heavy (non-hydrogen) atoms. The van der Waals surface area contributed by atoms with Gasteiger partial charge in [-0.3, -0.25) is 38.5 Å². The van der Waals surface area contributed by atoms with E-state index in [0.29, 0.717) is 37.4 Å². The third kappa shape index (κ3) is 18.9. The van der Waals surface area contributed by atoms with Gasteiger partial charge in [0.25, 0.3) is 17.7 Å². The summed E-state index contributed by atoms with van der Waals surface area (Å²) in [5.74, 6) is -3.50. The largest absolute Gasteiger partial charge is 0.431 e. The Morgan fingerprint density at radius 1 is 0.746 bits per heavy atom. The summed E-state index contributed by atoms with van der Waals surface area (Å²) >= 11 is 0. The Balaban J connectivity index is 1.54. The molecule has 1 aromatic carbocycles. The molecule has 1 fully saturated rings. The summed E-state index contributed by atoms with van der Waals surface area (Å²) < 4.78 is 16.8. The molecule has 7 N–H and O–H groups in total. The normalized spacial score (nSPS) is 15.7. The van der Waals surface area contributed by atoms with Crippen molar-refractivity contribution in [2.45, 2.75) is 84.5 Å². The van der Waals surface area contributed by atoms with Crippen LogP contribution in [0.3, 0.4) is 0 Å². The Bertz CT molecular complexity index is 1870. The first kappa shape index (κ1) is 55.2. The topological polar surface area (TPSA) is 280 Å². The van der Waals surface area contributed by atoms with Gasteiger partial charge in [0.05, 0.1) is 26.4 Å². The molecule has 1 saturated heterocycles. The van der Waals surface area contributed by atoms with Crippen molar-refractivity contribution in [3.8, 4) is 0 Å². The number of nitrogens with one attached hydrogen (secondary N) is 5. The molecule has 372 valence electrons. The fraction of sp³-hybridized carbons (Fsp3) is 0.622. The van der Waals surface area contributed by atoms with Crippen LogP contribution in [0.15, 0.2) is 36.4 Å². The van der Waals surface area contributed by atoms with Crippen molar-refractivity contribution in [1.82, 2.24) is 40.9 Å². The predicted octanol–water partition coefficient (Wildman–Crippen LogP) is 0.482. The number of nitrogens with zero attached hydrogens (tertiary/aromatic N) is 4. The van der Waals surface area contributed by atoms with E-state index in [4.69, 9.17) is 19.9 Å². The number of rotatable bonds is 27. The molecular weight excluding hydrogens is 873 g/mol. The Morgan fingerprint density at radius 2 is 1.37 bits per heavy atom. The first-order valence-corrected chi connectivity index (χ1v) is 22.7. The number of likely N-dealkylation sites (N-methyl/N-ethyl adjacent to an activating group) is 1. The zero-order valence-corrected chi connectivity index (χ0v) is 39.8. The first-order chi connectivity index (χ1) is 31.8. The molecule has 1 unspecified atom stereocenters. The van der Waals surface area contributed by atoms with Gasteiger partial charge in [-0.25, -0.2) is 9.59 Å². The SMILES string of the molecule is CC(C)[C@H](NC(=O)CCOCCOCCNC(=O)CCN1C(=O)C=CC1=O)C(=O)N[C@@H](CCCNC(N)=O)C(=O)Nc1ccc(C(OC(=O)N(C)[C@H](C)C(C)C)C(=O)N2CCN(C)CC2)cc1. The monoisotopic (exact) mass is 943 g/mol. The lowest BCUT2D eigenvalue weighted by Gasteiger charge is -2.35. The number of nitrogens with two attached hydrogens (primary N) is 1. The van der Waals surface area contributed by atoms with Crippen molar-refractivity contribution < 1.29 is 57.4 Å². The fourth-order valence-corrected chi connectivity index (χ4v) is 6.75.